The van der Waals surface area contributed by atoms with E-state index in [9.17, 15) is 4.79 Å². The number of rotatable bonds is 7. The molecule has 0 radical (unpaired) electrons. The molecule has 1 heterocycles. The number of amides is 2. The monoisotopic (exact) mass is 328 g/mol. The molecule has 0 spiro atoms. The smallest absolute Gasteiger partial charge is 0.319 e. The summed E-state index contributed by atoms with van der Waals surface area (Å²) in [6.45, 7) is 2.05. The second-order valence-corrected chi connectivity index (χ2v) is 5.34. The van der Waals surface area contributed by atoms with Gasteiger partial charge in [0.05, 0.1) is 23.4 Å². The fraction of sp³-hybridized carbons (Fsp3) is 0.533. The summed E-state index contributed by atoms with van der Waals surface area (Å²) in [5.74, 6) is 0.438. The normalized spacial score (nSPS) is 17.3. The van der Waals surface area contributed by atoms with E-state index in [0.717, 1.165) is 19.4 Å². The van der Waals surface area contributed by atoms with Crippen molar-refractivity contribution in [2.75, 3.05) is 38.8 Å². The van der Waals surface area contributed by atoms with Crippen LogP contribution in [-0.2, 0) is 9.47 Å². The average molecular weight is 329 g/mol. The number of ether oxygens (including phenoxy) is 3. The first-order chi connectivity index (χ1) is 10.7. The Kier molecular flexibility index (Phi) is 6.76. The first-order valence-electron chi connectivity index (χ1n) is 7.27. The summed E-state index contributed by atoms with van der Waals surface area (Å²) in [6.07, 6.45) is 2.12. The molecule has 1 aliphatic rings. The number of carbonyl (C=O) groups excluding carboxylic acids is 1. The van der Waals surface area contributed by atoms with E-state index in [4.69, 9.17) is 25.8 Å². The third kappa shape index (κ3) is 5.05. The molecule has 22 heavy (non-hydrogen) atoms. The molecule has 0 saturated carbocycles. The Morgan fingerprint density at radius 3 is 3.05 bits per heavy atom. The molecular formula is C15H21ClN2O4. The van der Waals surface area contributed by atoms with Crippen molar-refractivity contribution in [1.82, 2.24) is 5.32 Å². The van der Waals surface area contributed by atoms with Gasteiger partial charge in [0, 0.05) is 20.3 Å². The molecule has 0 unspecified atom stereocenters. The lowest BCUT2D eigenvalue weighted by molar-refractivity contribution is 0.112. The third-order valence-corrected chi connectivity index (χ3v) is 3.56. The van der Waals surface area contributed by atoms with E-state index < -0.39 is 0 Å². The highest BCUT2D eigenvalue weighted by Gasteiger charge is 2.17. The molecule has 0 bridgehead atoms. The van der Waals surface area contributed by atoms with Crippen molar-refractivity contribution in [1.29, 1.82) is 0 Å². The van der Waals surface area contributed by atoms with Crippen molar-refractivity contribution in [2.24, 2.45) is 0 Å². The maximum absolute atomic E-state index is 12.0. The van der Waals surface area contributed by atoms with Gasteiger partial charge in [0.15, 0.2) is 5.75 Å². The quantitative estimate of drug-likeness (QED) is 0.755. The fourth-order valence-corrected chi connectivity index (χ4v) is 2.39. The molecule has 2 N–H and O–H groups in total. The van der Waals surface area contributed by atoms with Crippen LogP contribution >= 0.6 is 11.6 Å². The molecular weight excluding hydrogens is 308 g/mol. The maximum atomic E-state index is 12.0. The second-order valence-electron chi connectivity index (χ2n) is 4.93. The van der Waals surface area contributed by atoms with Gasteiger partial charge >= 0.3 is 6.03 Å². The Bertz CT molecular complexity index is 492. The molecule has 1 saturated heterocycles. The number of methoxy groups -OCH3 is 1. The second kappa shape index (κ2) is 8.82. The third-order valence-electron chi connectivity index (χ3n) is 3.26. The Balaban J connectivity index is 1.89. The first kappa shape index (κ1) is 16.9. The predicted octanol–water partition coefficient (Wildman–Crippen LogP) is 2.67. The van der Waals surface area contributed by atoms with Gasteiger partial charge in [-0.2, -0.15) is 0 Å². The van der Waals surface area contributed by atoms with Gasteiger partial charge in [-0.25, -0.2) is 4.79 Å². The molecule has 6 nitrogen and oxygen atoms in total. The molecule has 1 aliphatic heterocycles. The van der Waals surface area contributed by atoms with Gasteiger partial charge in [0.25, 0.3) is 0 Å². The molecule has 1 aromatic rings. The summed E-state index contributed by atoms with van der Waals surface area (Å²) in [5, 5.41) is 5.97. The number of benzene rings is 1. The molecule has 0 aliphatic carbocycles. The van der Waals surface area contributed by atoms with Gasteiger partial charge in [-0.1, -0.05) is 17.7 Å². The Morgan fingerprint density at radius 2 is 2.32 bits per heavy atom. The van der Waals surface area contributed by atoms with Crippen LogP contribution in [0.2, 0.25) is 5.02 Å². The fourth-order valence-electron chi connectivity index (χ4n) is 2.16. The van der Waals surface area contributed by atoms with Crippen molar-refractivity contribution in [3.8, 4) is 5.75 Å². The zero-order valence-corrected chi connectivity index (χ0v) is 13.3. The molecule has 7 heteroatoms. The number of hydrogen-bond donors (Lipinski definition) is 2. The van der Waals surface area contributed by atoms with Crippen LogP contribution in [0.15, 0.2) is 18.2 Å². The lowest BCUT2D eigenvalue weighted by Crippen LogP contribution is -2.35. The van der Waals surface area contributed by atoms with E-state index in [0.29, 0.717) is 36.2 Å². The van der Waals surface area contributed by atoms with Gasteiger partial charge in [-0.15, -0.1) is 0 Å². The van der Waals surface area contributed by atoms with Crippen molar-refractivity contribution >= 4 is 23.3 Å². The molecule has 0 aromatic heterocycles. The van der Waals surface area contributed by atoms with E-state index in [-0.39, 0.29) is 12.1 Å². The van der Waals surface area contributed by atoms with Crippen LogP contribution in [0.1, 0.15) is 12.8 Å². The topological polar surface area (TPSA) is 68.8 Å². The maximum Gasteiger partial charge on any atom is 0.319 e. The first-order valence-corrected chi connectivity index (χ1v) is 7.65. The van der Waals surface area contributed by atoms with Crippen molar-refractivity contribution in [3.63, 3.8) is 0 Å². The van der Waals surface area contributed by atoms with E-state index in [1.807, 2.05) is 0 Å². The highest BCUT2D eigenvalue weighted by atomic mass is 35.5. The van der Waals surface area contributed by atoms with Crippen LogP contribution in [0.4, 0.5) is 10.5 Å². The van der Waals surface area contributed by atoms with Crippen LogP contribution in [0.25, 0.3) is 0 Å². The zero-order valence-electron chi connectivity index (χ0n) is 12.6. The van der Waals surface area contributed by atoms with Crippen LogP contribution in [0, 0.1) is 0 Å². The number of nitrogens with one attached hydrogen (secondary N) is 2. The summed E-state index contributed by atoms with van der Waals surface area (Å²) in [4.78, 5) is 12.0. The van der Waals surface area contributed by atoms with E-state index in [2.05, 4.69) is 10.6 Å². The number of anilines is 1. The van der Waals surface area contributed by atoms with Crippen LogP contribution in [0.5, 0.6) is 5.75 Å². The van der Waals surface area contributed by atoms with Gasteiger partial charge in [0.2, 0.25) is 0 Å². The number of carbonyl (C=O) groups is 1. The molecule has 122 valence electrons. The van der Waals surface area contributed by atoms with Crippen molar-refractivity contribution < 1.29 is 19.0 Å². The predicted molar refractivity (Wildman–Crippen MR) is 84.8 cm³/mol. The number of hydrogen-bond acceptors (Lipinski definition) is 4. The summed E-state index contributed by atoms with van der Waals surface area (Å²) in [6, 6.07) is 4.88. The summed E-state index contributed by atoms with van der Waals surface area (Å²) >= 11 is 6.11. The highest BCUT2D eigenvalue weighted by Crippen LogP contribution is 2.32. The summed E-state index contributed by atoms with van der Waals surface area (Å²) in [5.41, 5.74) is 0.522. The van der Waals surface area contributed by atoms with E-state index in [1.165, 1.54) is 0 Å². The SMILES string of the molecule is COCCOc1c(Cl)cccc1NC(=O)NC[C@@H]1CCCO1. The van der Waals surface area contributed by atoms with Gasteiger partial charge in [0.1, 0.15) is 6.61 Å². The van der Waals surface area contributed by atoms with Gasteiger partial charge < -0.3 is 24.8 Å². The zero-order chi connectivity index (χ0) is 15.8. The van der Waals surface area contributed by atoms with Crippen LogP contribution < -0.4 is 15.4 Å². The number of halogens is 1. The summed E-state index contributed by atoms with van der Waals surface area (Å²) < 4.78 is 16.0. The molecule has 1 atom stereocenters. The average Bonchev–Trinajstić information content (AvgIpc) is 3.01. The molecule has 1 aromatic carbocycles. The minimum atomic E-state index is -0.311. The summed E-state index contributed by atoms with van der Waals surface area (Å²) in [7, 11) is 1.59. The lowest BCUT2D eigenvalue weighted by Gasteiger charge is -2.15. The van der Waals surface area contributed by atoms with Crippen molar-refractivity contribution in [3.05, 3.63) is 23.2 Å². The van der Waals surface area contributed by atoms with Gasteiger partial charge in [-0.05, 0) is 25.0 Å². The molecule has 1 fully saturated rings. The largest absolute Gasteiger partial charge is 0.487 e. The molecule has 2 amide bonds. The van der Waals surface area contributed by atoms with Gasteiger partial charge in [-0.3, -0.25) is 0 Å². The Morgan fingerprint density at radius 1 is 1.45 bits per heavy atom. The Labute approximate surface area is 135 Å². The number of para-hydroxylation sites is 1. The van der Waals surface area contributed by atoms with Crippen LogP contribution in [-0.4, -0.2) is 45.6 Å². The standard InChI is InChI=1S/C15H21ClN2O4/c1-20-8-9-22-14-12(16)5-2-6-13(14)18-15(19)17-10-11-4-3-7-21-11/h2,5-6,11H,3-4,7-10H2,1H3,(H2,17,18,19)/t11-/m0/s1. The minimum absolute atomic E-state index is 0.0996. The van der Waals surface area contributed by atoms with E-state index in [1.54, 1.807) is 25.3 Å². The Hall–Kier alpha value is -1.50. The highest BCUT2D eigenvalue weighted by molar-refractivity contribution is 6.32. The lowest BCUT2D eigenvalue weighted by atomic mass is 10.2. The number of urea groups is 1. The molecule has 2 rings (SSSR count). The van der Waals surface area contributed by atoms with Crippen molar-refractivity contribution in [2.45, 2.75) is 18.9 Å². The van der Waals surface area contributed by atoms with Crippen LogP contribution in [0.3, 0.4) is 0 Å². The van der Waals surface area contributed by atoms with E-state index >= 15 is 0 Å². The minimum Gasteiger partial charge on any atom is -0.487 e.